The average molecular weight is 415 g/mol. The minimum atomic E-state index is -0.876. The van der Waals surface area contributed by atoms with Gasteiger partial charge in [-0.3, -0.25) is 19.2 Å². The van der Waals surface area contributed by atoms with Gasteiger partial charge in [-0.05, 0) is 24.3 Å². The number of halogens is 2. The molecule has 140 valence electrons. The molecule has 28 heavy (non-hydrogen) atoms. The zero-order valence-corrected chi connectivity index (χ0v) is 15.7. The van der Waals surface area contributed by atoms with Crippen LogP contribution in [0.5, 0.6) is 0 Å². The third-order valence-electron chi connectivity index (χ3n) is 3.84. The molecule has 3 rings (SSSR count). The fraction of sp³-hybridized carbons (Fsp3) is 0. The van der Waals surface area contributed by atoms with E-state index in [0.29, 0.717) is 0 Å². The lowest BCUT2D eigenvalue weighted by Crippen LogP contribution is -2.37. The number of rotatable bonds is 4. The van der Waals surface area contributed by atoms with E-state index in [0.717, 1.165) is 0 Å². The standard InChI is InChI=1S/C20H12Cl2N2O4/c21-13-15(23-19(27)11-7-3-1-4-8-11)17(25)14(22)16(18(13)26)24-20(28)12-9-5-2-6-10-12/h1-10H,(H,23,27)(H,24,28). The molecule has 2 aromatic rings. The van der Waals surface area contributed by atoms with E-state index >= 15 is 0 Å². The Balaban J connectivity index is 1.84. The lowest BCUT2D eigenvalue weighted by atomic mass is 10.0. The van der Waals surface area contributed by atoms with Crippen molar-refractivity contribution in [1.82, 2.24) is 10.6 Å². The first-order valence-electron chi connectivity index (χ1n) is 8.02. The molecule has 2 N–H and O–H groups in total. The Kier molecular flexibility index (Phi) is 5.73. The summed E-state index contributed by atoms with van der Waals surface area (Å²) >= 11 is 12.0. The zero-order valence-electron chi connectivity index (χ0n) is 14.2. The van der Waals surface area contributed by atoms with E-state index in [1.165, 1.54) is 24.3 Å². The van der Waals surface area contributed by atoms with E-state index < -0.39 is 44.8 Å². The highest BCUT2D eigenvalue weighted by atomic mass is 35.5. The van der Waals surface area contributed by atoms with Crippen LogP contribution in [0.15, 0.2) is 82.1 Å². The number of allylic oxidation sites excluding steroid dienone is 2. The summed E-state index contributed by atoms with van der Waals surface area (Å²) in [6.07, 6.45) is 0. The van der Waals surface area contributed by atoms with E-state index in [-0.39, 0.29) is 11.1 Å². The van der Waals surface area contributed by atoms with Gasteiger partial charge in [-0.25, -0.2) is 0 Å². The molecule has 8 heteroatoms. The van der Waals surface area contributed by atoms with Crippen LogP contribution in [0.2, 0.25) is 0 Å². The number of benzene rings is 2. The minimum absolute atomic E-state index is 0.267. The van der Waals surface area contributed by atoms with Gasteiger partial charge in [0.1, 0.15) is 21.5 Å². The monoisotopic (exact) mass is 414 g/mol. The van der Waals surface area contributed by atoms with Crippen molar-refractivity contribution < 1.29 is 19.2 Å². The molecule has 6 nitrogen and oxygen atoms in total. The number of amides is 2. The van der Waals surface area contributed by atoms with Crippen LogP contribution in [0.4, 0.5) is 0 Å². The van der Waals surface area contributed by atoms with Crippen LogP contribution in [-0.2, 0) is 9.59 Å². The van der Waals surface area contributed by atoms with Crippen molar-refractivity contribution in [3.8, 4) is 0 Å². The van der Waals surface area contributed by atoms with Crippen LogP contribution in [0.3, 0.4) is 0 Å². The lowest BCUT2D eigenvalue weighted by Gasteiger charge is -2.19. The maximum Gasteiger partial charge on any atom is 0.255 e. The Labute approximate surface area is 169 Å². The van der Waals surface area contributed by atoms with Gasteiger partial charge in [0.05, 0.1) is 0 Å². The summed E-state index contributed by atoms with van der Waals surface area (Å²) in [5.41, 5.74) is -0.350. The van der Waals surface area contributed by atoms with Crippen molar-refractivity contribution in [2.24, 2.45) is 0 Å². The van der Waals surface area contributed by atoms with Gasteiger partial charge in [-0.2, -0.15) is 0 Å². The predicted octanol–water partition coefficient (Wildman–Crippen LogP) is 2.90. The van der Waals surface area contributed by atoms with Gasteiger partial charge in [-0.1, -0.05) is 59.6 Å². The fourth-order valence-corrected chi connectivity index (χ4v) is 2.87. The van der Waals surface area contributed by atoms with Crippen LogP contribution in [-0.4, -0.2) is 23.4 Å². The number of hydrogen-bond acceptors (Lipinski definition) is 4. The van der Waals surface area contributed by atoms with Crippen molar-refractivity contribution in [3.63, 3.8) is 0 Å². The minimum Gasteiger partial charge on any atom is -0.317 e. The van der Waals surface area contributed by atoms with Crippen LogP contribution in [0, 0.1) is 0 Å². The Morgan fingerprint density at radius 3 is 1.25 bits per heavy atom. The highest BCUT2D eigenvalue weighted by molar-refractivity contribution is 6.56. The van der Waals surface area contributed by atoms with Crippen LogP contribution < -0.4 is 10.6 Å². The second-order valence-electron chi connectivity index (χ2n) is 5.68. The van der Waals surface area contributed by atoms with Crippen molar-refractivity contribution in [2.75, 3.05) is 0 Å². The van der Waals surface area contributed by atoms with Gasteiger partial charge in [0, 0.05) is 11.1 Å². The molecule has 0 radical (unpaired) electrons. The van der Waals surface area contributed by atoms with Crippen molar-refractivity contribution in [3.05, 3.63) is 93.2 Å². The van der Waals surface area contributed by atoms with Gasteiger partial charge in [-0.15, -0.1) is 0 Å². The normalized spacial score (nSPS) is 14.2. The molecule has 0 spiro atoms. The van der Waals surface area contributed by atoms with Crippen molar-refractivity contribution in [1.29, 1.82) is 0 Å². The third kappa shape index (κ3) is 3.88. The molecule has 2 amide bonds. The molecule has 0 heterocycles. The number of carbonyl (C=O) groups is 4. The Hall–Kier alpha value is -3.22. The average Bonchev–Trinajstić information content (AvgIpc) is 2.73. The smallest absolute Gasteiger partial charge is 0.255 e. The van der Waals surface area contributed by atoms with Gasteiger partial charge >= 0.3 is 0 Å². The Morgan fingerprint density at radius 2 is 0.929 bits per heavy atom. The molecule has 0 fully saturated rings. The first kappa shape index (κ1) is 19.5. The molecule has 2 aromatic carbocycles. The number of carbonyl (C=O) groups excluding carboxylic acids is 4. The van der Waals surface area contributed by atoms with E-state index in [2.05, 4.69) is 10.6 Å². The summed E-state index contributed by atoms with van der Waals surface area (Å²) in [6, 6.07) is 16.1. The summed E-state index contributed by atoms with van der Waals surface area (Å²) in [4.78, 5) is 49.6. The first-order chi connectivity index (χ1) is 13.4. The van der Waals surface area contributed by atoms with Crippen molar-refractivity contribution >= 4 is 46.6 Å². The maximum atomic E-state index is 12.5. The molecule has 0 bridgehead atoms. The number of Topliss-reactive ketones (excluding diaryl/α,β-unsaturated/α-hetero) is 2. The molecule has 0 aliphatic heterocycles. The molecule has 0 saturated carbocycles. The summed E-state index contributed by atoms with van der Waals surface area (Å²) in [7, 11) is 0. The molecule has 1 aliphatic rings. The molecule has 0 atom stereocenters. The topological polar surface area (TPSA) is 92.3 Å². The van der Waals surface area contributed by atoms with Crippen LogP contribution >= 0.6 is 23.2 Å². The number of hydrogen-bond donors (Lipinski definition) is 2. The first-order valence-corrected chi connectivity index (χ1v) is 8.77. The summed E-state index contributed by atoms with van der Waals surface area (Å²) in [6.45, 7) is 0. The number of ketones is 2. The largest absolute Gasteiger partial charge is 0.317 e. The second kappa shape index (κ2) is 8.21. The van der Waals surface area contributed by atoms with Crippen molar-refractivity contribution in [2.45, 2.75) is 0 Å². The van der Waals surface area contributed by atoms with Gasteiger partial charge in [0.25, 0.3) is 11.8 Å². The Bertz CT molecular complexity index is 959. The quantitative estimate of drug-likeness (QED) is 0.752. The van der Waals surface area contributed by atoms with Gasteiger partial charge in [0.2, 0.25) is 11.6 Å². The molecule has 0 saturated heterocycles. The molecule has 1 aliphatic carbocycles. The molecule has 0 aromatic heterocycles. The molecular weight excluding hydrogens is 403 g/mol. The number of nitrogens with one attached hydrogen (secondary N) is 2. The zero-order chi connectivity index (χ0) is 20.3. The summed E-state index contributed by atoms with van der Waals surface area (Å²) in [5.74, 6) is -3.01. The summed E-state index contributed by atoms with van der Waals surface area (Å²) in [5, 5.41) is 3.54. The highest BCUT2D eigenvalue weighted by Gasteiger charge is 2.35. The van der Waals surface area contributed by atoms with E-state index in [1.54, 1.807) is 36.4 Å². The predicted molar refractivity (Wildman–Crippen MR) is 104 cm³/mol. The summed E-state index contributed by atoms with van der Waals surface area (Å²) < 4.78 is 0. The second-order valence-corrected chi connectivity index (χ2v) is 6.43. The van der Waals surface area contributed by atoms with E-state index in [9.17, 15) is 19.2 Å². The van der Waals surface area contributed by atoms with Gasteiger partial charge in [0.15, 0.2) is 0 Å². The molecule has 0 unspecified atom stereocenters. The Morgan fingerprint density at radius 1 is 0.607 bits per heavy atom. The third-order valence-corrected chi connectivity index (χ3v) is 4.56. The van der Waals surface area contributed by atoms with Crippen LogP contribution in [0.25, 0.3) is 0 Å². The highest BCUT2D eigenvalue weighted by Crippen LogP contribution is 2.27. The van der Waals surface area contributed by atoms with Crippen LogP contribution in [0.1, 0.15) is 20.7 Å². The fourth-order valence-electron chi connectivity index (χ4n) is 2.42. The maximum absolute atomic E-state index is 12.5. The van der Waals surface area contributed by atoms with E-state index in [1.807, 2.05) is 0 Å². The lowest BCUT2D eigenvalue weighted by molar-refractivity contribution is -0.116. The van der Waals surface area contributed by atoms with E-state index in [4.69, 9.17) is 23.2 Å². The SMILES string of the molecule is O=C1C(Cl)=C(NC(=O)c2ccccc2)C(=O)C(Cl)=C1NC(=O)c1ccccc1. The van der Waals surface area contributed by atoms with Gasteiger partial charge < -0.3 is 10.6 Å². The molecular formula is C20H12Cl2N2O4.